The Morgan fingerprint density at radius 1 is 1.26 bits per heavy atom. The van der Waals surface area contributed by atoms with Crippen molar-refractivity contribution in [1.29, 1.82) is 0 Å². The minimum atomic E-state index is -0.131. The van der Waals surface area contributed by atoms with Crippen molar-refractivity contribution in [3.8, 4) is 5.13 Å². The van der Waals surface area contributed by atoms with Gasteiger partial charge in [0.05, 0.1) is 5.69 Å². The van der Waals surface area contributed by atoms with E-state index in [0.717, 1.165) is 27.4 Å². The van der Waals surface area contributed by atoms with Crippen LogP contribution in [0.5, 0.6) is 0 Å². The van der Waals surface area contributed by atoms with Crippen LogP contribution < -0.4 is 5.32 Å². The molecule has 4 aromatic rings. The molecule has 3 heterocycles. The predicted octanol–water partition coefficient (Wildman–Crippen LogP) is 3.98. The van der Waals surface area contributed by atoms with E-state index in [-0.39, 0.29) is 5.91 Å². The summed E-state index contributed by atoms with van der Waals surface area (Å²) in [5.74, 6) is -0.131. The van der Waals surface area contributed by atoms with Crippen LogP contribution in [-0.2, 0) is 0 Å². The maximum atomic E-state index is 12.5. The summed E-state index contributed by atoms with van der Waals surface area (Å²) in [6, 6.07) is 11.6. The predicted molar refractivity (Wildman–Crippen MR) is 92.4 cm³/mol. The number of nitrogens with zero attached hydrogens (tertiary/aromatic N) is 2. The molecule has 5 nitrogen and oxygen atoms in total. The van der Waals surface area contributed by atoms with Crippen molar-refractivity contribution in [1.82, 2.24) is 14.5 Å². The molecule has 0 aliphatic heterocycles. The van der Waals surface area contributed by atoms with Gasteiger partial charge >= 0.3 is 0 Å². The number of H-pyrrole nitrogens is 1. The van der Waals surface area contributed by atoms with Crippen LogP contribution in [0.25, 0.3) is 16.0 Å². The molecular weight excluding hydrogens is 308 g/mol. The van der Waals surface area contributed by atoms with Crippen LogP contribution in [0.15, 0.2) is 55.0 Å². The summed E-state index contributed by atoms with van der Waals surface area (Å²) in [6.45, 7) is 1.85. The molecule has 0 spiro atoms. The summed E-state index contributed by atoms with van der Waals surface area (Å²) in [5, 5.41) is 4.80. The standard InChI is InChI=1S/C17H14N4OS/c1-11-15(23-17(19-11)21-8-2-3-9-21)16(22)20-13-4-5-14-12(10-13)6-7-18-14/h2-10,18H,1H3,(H,20,22). The molecule has 1 amide bonds. The van der Waals surface area contributed by atoms with Gasteiger partial charge in [0.25, 0.3) is 5.91 Å². The topological polar surface area (TPSA) is 62.7 Å². The first kappa shape index (κ1) is 13.8. The Balaban J connectivity index is 1.61. The fourth-order valence-corrected chi connectivity index (χ4v) is 3.41. The number of aryl methyl sites for hydroxylation is 1. The number of carbonyl (C=O) groups excluding carboxylic acids is 1. The molecular formula is C17H14N4OS. The lowest BCUT2D eigenvalue weighted by Gasteiger charge is -2.04. The number of anilines is 1. The zero-order chi connectivity index (χ0) is 15.8. The minimum absolute atomic E-state index is 0.131. The van der Waals surface area contributed by atoms with Gasteiger partial charge in [-0.05, 0) is 43.3 Å². The van der Waals surface area contributed by atoms with E-state index in [4.69, 9.17) is 0 Å². The first-order chi connectivity index (χ1) is 11.2. The fraction of sp³-hybridized carbons (Fsp3) is 0.0588. The van der Waals surface area contributed by atoms with Crippen LogP contribution in [-0.4, -0.2) is 20.4 Å². The molecule has 6 heteroatoms. The Morgan fingerprint density at radius 3 is 2.91 bits per heavy atom. The van der Waals surface area contributed by atoms with Crippen molar-refractivity contribution in [2.45, 2.75) is 6.92 Å². The number of benzene rings is 1. The van der Waals surface area contributed by atoms with Crippen molar-refractivity contribution in [3.05, 3.63) is 65.6 Å². The molecule has 0 radical (unpaired) electrons. The number of rotatable bonds is 3. The highest BCUT2D eigenvalue weighted by Gasteiger charge is 2.16. The molecule has 4 rings (SSSR count). The second kappa shape index (κ2) is 5.40. The number of hydrogen-bond donors (Lipinski definition) is 2. The molecule has 114 valence electrons. The van der Waals surface area contributed by atoms with Crippen LogP contribution >= 0.6 is 11.3 Å². The van der Waals surface area contributed by atoms with Gasteiger partial charge in [0.1, 0.15) is 4.88 Å². The van der Waals surface area contributed by atoms with Gasteiger partial charge in [0.15, 0.2) is 5.13 Å². The molecule has 0 atom stereocenters. The molecule has 1 aromatic carbocycles. The van der Waals surface area contributed by atoms with E-state index in [1.54, 1.807) is 0 Å². The molecule has 0 bridgehead atoms. The molecule has 0 aliphatic rings. The van der Waals surface area contributed by atoms with Crippen LogP contribution in [0.3, 0.4) is 0 Å². The number of hydrogen-bond acceptors (Lipinski definition) is 3. The van der Waals surface area contributed by atoms with Crippen LogP contribution in [0.1, 0.15) is 15.4 Å². The summed E-state index contributed by atoms with van der Waals surface area (Å²) in [7, 11) is 0. The van der Waals surface area contributed by atoms with Crippen LogP contribution in [0, 0.1) is 6.92 Å². The van der Waals surface area contributed by atoms with E-state index in [1.807, 2.05) is 66.5 Å². The third-order valence-corrected chi connectivity index (χ3v) is 4.80. The van der Waals surface area contributed by atoms with E-state index < -0.39 is 0 Å². The highest BCUT2D eigenvalue weighted by Crippen LogP contribution is 2.24. The van der Waals surface area contributed by atoms with E-state index in [1.165, 1.54) is 11.3 Å². The molecule has 0 saturated carbocycles. The highest BCUT2D eigenvalue weighted by molar-refractivity contribution is 7.16. The second-order valence-electron chi connectivity index (χ2n) is 5.24. The molecule has 0 saturated heterocycles. The summed E-state index contributed by atoms with van der Waals surface area (Å²) in [6.07, 6.45) is 5.71. The average Bonchev–Trinajstić information content (AvgIpc) is 3.26. The van der Waals surface area contributed by atoms with Crippen molar-refractivity contribution >= 4 is 33.8 Å². The van der Waals surface area contributed by atoms with E-state index >= 15 is 0 Å². The zero-order valence-electron chi connectivity index (χ0n) is 12.4. The molecule has 0 aliphatic carbocycles. The Kier molecular flexibility index (Phi) is 3.24. The Bertz CT molecular complexity index is 981. The normalized spacial score (nSPS) is 11.0. The van der Waals surface area contributed by atoms with Gasteiger partial charge in [-0.1, -0.05) is 11.3 Å². The largest absolute Gasteiger partial charge is 0.361 e. The van der Waals surface area contributed by atoms with Crippen molar-refractivity contribution in [3.63, 3.8) is 0 Å². The Hall–Kier alpha value is -2.86. The maximum Gasteiger partial charge on any atom is 0.267 e. The van der Waals surface area contributed by atoms with Crippen molar-refractivity contribution in [2.24, 2.45) is 0 Å². The number of aromatic amines is 1. The van der Waals surface area contributed by atoms with Gasteiger partial charge < -0.3 is 14.9 Å². The zero-order valence-corrected chi connectivity index (χ0v) is 13.2. The average molecular weight is 322 g/mol. The summed E-state index contributed by atoms with van der Waals surface area (Å²) >= 11 is 1.38. The van der Waals surface area contributed by atoms with Gasteiger partial charge in [0.2, 0.25) is 0 Å². The van der Waals surface area contributed by atoms with Gasteiger partial charge in [-0.15, -0.1) is 0 Å². The van der Waals surface area contributed by atoms with E-state index in [0.29, 0.717) is 4.88 Å². The number of aromatic nitrogens is 3. The number of amides is 1. The molecule has 0 unspecified atom stereocenters. The molecule has 23 heavy (non-hydrogen) atoms. The van der Waals surface area contributed by atoms with Gasteiger partial charge in [-0.2, -0.15) is 0 Å². The first-order valence-corrected chi connectivity index (χ1v) is 8.01. The van der Waals surface area contributed by atoms with E-state index in [2.05, 4.69) is 15.3 Å². The molecule has 3 aromatic heterocycles. The van der Waals surface area contributed by atoms with E-state index in [9.17, 15) is 4.79 Å². The number of thiazole rings is 1. The lowest BCUT2D eigenvalue weighted by molar-refractivity contribution is 0.103. The summed E-state index contributed by atoms with van der Waals surface area (Å²) in [5.41, 5.74) is 2.56. The third kappa shape index (κ3) is 2.53. The first-order valence-electron chi connectivity index (χ1n) is 7.20. The third-order valence-electron chi connectivity index (χ3n) is 3.63. The van der Waals surface area contributed by atoms with Gasteiger partial charge in [-0.3, -0.25) is 4.79 Å². The minimum Gasteiger partial charge on any atom is -0.361 e. The molecule has 0 fully saturated rings. The SMILES string of the molecule is Cc1nc(-n2cccc2)sc1C(=O)Nc1ccc2[nH]ccc2c1. The van der Waals surface area contributed by atoms with Gasteiger partial charge in [-0.25, -0.2) is 4.98 Å². The van der Waals surface area contributed by atoms with Crippen LogP contribution in [0.2, 0.25) is 0 Å². The monoisotopic (exact) mass is 322 g/mol. The van der Waals surface area contributed by atoms with Crippen LogP contribution in [0.4, 0.5) is 5.69 Å². The lowest BCUT2D eigenvalue weighted by atomic mass is 10.2. The van der Waals surface area contributed by atoms with Crippen molar-refractivity contribution < 1.29 is 4.79 Å². The quantitative estimate of drug-likeness (QED) is 0.599. The Labute approximate surface area is 136 Å². The van der Waals surface area contributed by atoms with Gasteiger partial charge in [0, 0.05) is 35.2 Å². The summed E-state index contributed by atoms with van der Waals surface area (Å²) in [4.78, 5) is 20.8. The second-order valence-corrected chi connectivity index (χ2v) is 6.21. The number of carbonyl (C=O) groups is 1. The fourth-order valence-electron chi connectivity index (χ4n) is 2.48. The molecule has 2 N–H and O–H groups in total. The smallest absolute Gasteiger partial charge is 0.267 e. The van der Waals surface area contributed by atoms with Crippen molar-refractivity contribution in [2.75, 3.05) is 5.32 Å². The maximum absolute atomic E-state index is 12.5. The number of nitrogens with one attached hydrogen (secondary N) is 2. The Morgan fingerprint density at radius 2 is 2.09 bits per heavy atom. The highest BCUT2D eigenvalue weighted by atomic mass is 32.1. The number of fused-ring (bicyclic) bond motifs is 1. The summed E-state index contributed by atoms with van der Waals surface area (Å²) < 4.78 is 1.90. The lowest BCUT2D eigenvalue weighted by Crippen LogP contribution is -2.11.